The van der Waals surface area contributed by atoms with E-state index < -0.39 is 21.7 Å². The van der Waals surface area contributed by atoms with Gasteiger partial charge in [-0.2, -0.15) is 0 Å². The second-order valence-corrected chi connectivity index (χ2v) is 6.92. The molecule has 0 bridgehead atoms. The number of carbonyl (C=O) groups excluding carboxylic acids is 1. The molecule has 1 amide bonds. The van der Waals surface area contributed by atoms with Gasteiger partial charge in [-0.25, -0.2) is 17.9 Å². The van der Waals surface area contributed by atoms with Crippen LogP contribution >= 0.6 is 0 Å². The van der Waals surface area contributed by atoms with E-state index in [0.717, 1.165) is 6.42 Å². The molecule has 0 unspecified atom stereocenters. The SMILES string of the molecule is CCCCS(=O)(=O)NCCNC(=O)OC(C)(C)C. The van der Waals surface area contributed by atoms with Gasteiger partial charge in [0.05, 0.1) is 5.75 Å². The summed E-state index contributed by atoms with van der Waals surface area (Å²) in [4.78, 5) is 11.2. The highest BCUT2D eigenvalue weighted by Gasteiger charge is 2.15. The van der Waals surface area contributed by atoms with Crippen LogP contribution in [0.2, 0.25) is 0 Å². The topological polar surface area (TPSA) is 84.5 Å². The normalized spacial score (nSPS) is 12.2. The fourth-order valence-corrected chi connectivity index (χ4v) is 2.32. The van der Waals surface area contributed by atoms with E-state index in [1.54, 1.807) is 20.8 Å². The molecule has 0 aliphatic carbocycles. The average Bonchev–Trinajstić information content (AvgIpc) is 2.19. The first-order valence-corrected chi connectivity index (χ1v) is 7.75. The van der Waals surface area contributed by atoms with E-state index in [0.29, 0.717) is 6.42 Å². The van der Waals surface area contributed by atoms with Crippen LogP contribution in [0.25, 0.3) is 0 Å². The van der Waals surface area contributed by atoms with Gasteiger partial charge in [-0.3, -0.25) is 0 Å². The average molecular weight is 280 g/mol. The van der Waals surface area contributed by atoms with Crippen molar-refractivity contribution in [2.45, 2.75) is 46.1 Å². The second kappa shape index (κ2) is 7.58. The molecule has 7 heteroatoms. The molecule has 6 nitrogen and oxygen atoms in total. The maximum atomic E-state index is 11.4. The maximum Gasteiger partial charge on any atom is 0.407 e. The number of amides is 1. The molecule has 0 rings (SSSR count). The van der Waals surface area contributed by atoms with Crippen LogP contribution in [0.5, 0.6) is 0 Å². The Bertz CT molecular complexity index is 347. The first-order valence-electron chi connectivity index (χ1n) is 6.10. The molecule has 0 aromatic heterocycles. The summed E-state index contributed by atoms with van der Waals surface area (Å²) in [6, 6.07) is 0. The zero-order valence-corrected chi connectivity index (χ0v) is 12.4. The van der Waals surface area contributed by atoms with Gasteiger partial charge in [0, 0.05) is 13.1 Å². The summed E-state index contributed by atoms with van der Waals surface area (Å²) < 4.78 is 30.2. The summed E-state index contributed by atoms with van der Waals surface area (Å²) in [5.41, 5.74) is -0.551. The minimum Gasteiger partial charge on any atom is -0.444 e. The lowest BCUT2D eigenvalue weighted by Crippen LogP contribution is -2.38. The summed E-state index contributed by atoms with van der Waals surface area (Å²) >= 11 is 0. The van der Waals surface area contributed by atoms with Crippen LogP contribution in [-0.4, -0.2) is 39.0 Å². The molecule has 2 N–H and O–H groups in total. The Labute approximate surface area is 110 Å². The molecule has 108 valence electrons. The Hall–Kier alpha value is -0.820. The first kappa shape index (κ1) is 17.2. The highest BCUT2D eigenvalue weighted by molar-refractivity contribution is 7.89. The summed E-state index contributed by atoms with van der Waals surface area (Å²) in [6.07, 6.45) is 0.918. The van der Waals surface area contributed by atoms with Gasteiger partial charge in [-0.05, 0) is 27.2 Å². The number of unbranched alkanes of at least 4 members (excludes halogenated alkanes) is 1. The third-order valence-electron chi connectivity index (χ3n) is 1.88. The van der Waals surface area contributed by atoms with Crippen LogP contribution in [0.3, 0.4) is 0 Å². The maximum absolute atomic E-state index is 11.4. The Morgan fingerprint density at radius 3 is 2.33 bits per heavy atom. The van der Waals surface area contributed by atoms with Gasteiger partial charge >= 0.3 is 6.09 Å². The molecule has 0 aliphatic heterocycles. The van der Waals surface area contributed by atoms with Crippen LogP contribution < -0.4 is 10.0 Å². The molecule has 0 spiro atoms. The van der Waals surface area contributed by atoms with Crippen LogP contribution in [0, 0.1) is 0 Å². The van der Waals surface area contributed by atoms with Crippen molar-refractivity contribution in [2.24, 2.45) is 0 Å². The van der Waals surface area contributed by atoms with Crippen molar-refractivity contribution in [1.29, 1.82) is 0 Å². The van der Waals surface area contributed by atoms with Crippen LogP contribution in [0.15, 0.2) is 0 Å². The molecule has 0 aliphatic rings. The number of alkyl carbamates (subject to hydrolysis) is 1. The first-order chi connectivity index (χ1) is 8.16. The van der Waals surface area contributed by atoms with Crippen molar-refractivity contribution in [1.82, 2.24) is 10.0 Å². The standard InChI is InChI=1S/C11H24N2O4S/c1-5-6-9-18(15,16)13-8-7-12-10(14)17-11(2,3)4/h13H,5-9H2,1-4H3,(H,12,14). The lowest BCUT2D eigenvalue weighted by Gasteiger charge is -2.19. The minimum atomic E-state index is -3.22. The van der Waals surface area contributed by atoms with Crippen molar-refractivity contribution < 1.29 is 17.9 Å². The quantitative estimate of drug-likeness (QED) is 0.687. The molecule has 18 heavy (non-hydrogen) atoms. The Balaban J connectivity index is 3.77. The molecule has 0 atom stereocenters. The van der Waals surface area contributed by atoms with Crippen LogP contribution in [0.4, 0.5) is 4.79 Å². The summed E-state index contributed by atoms with van der Waals surface area (Å²) in [5, 5.41) is 2.48. The van der Waals surface area contributed by atoms with Gasteiger partial charge in [-0.15, -0.1) is 0 Å². The predicted molar refractivity (Wildman–Crippen MR) is 70.9 cm³/mol. The number of nitrogens with one attached hydrogen (secondary N) is 2. The molecule has 0 saturated heterocycles. The fourth-order valence-electron chi connectivity index (χ4n) is 1.09. The van der Waals surface area contributed by atoms with E-state index in [2.05, 4.69) is 10.0 Å². The van der Waals surface area contributed by atoms with E-state index >= 15 is 0 Å². The van der Waals surface area contributed by atoms with Gasteiger partial charge in [0.1, 0.15) is 5.60 Å². The van der Waals surface area contributed by atoms with Gasteiger partial charge in [0.25, 0.3) is 0 Å². The molecular formula is C11H24N2O4S. The molecular weight excluding hydrogens is 256 g/mol. The summed E-state index contributed by atoms with van der Waals surface area (Å²) in [7, 11) is -3.22. The molecule has 0 fully saturated rings. The smallest absolute Gasteiger partial charge is 0.407 e. The third kappa shape index (κ3) is 10.3. The van der Waals surface area contributed by atoms with Crippen molar-refractivity contribution in [3.05, 3.63) is 0 Å². The lowest BCUT2D eigenvalue weighted by atomic mass is 10.2. The van der Waals surface area contributed by atoms with Gasteiger partial charge in [-0.1, -0.05) is 13.3 Å². The van der Waals surface area contributed by atoms with E-state index in [-0.39, 0.29) is 18.8 Å². The van der Waals surface area contributed by atoms with E-state index in [9.17, 15) is 13.2 Å². The van der Waals surface area contributed by atoms with Crippen molar-refractivity contribution in [3.8, 4) is 0 Å². The Morgan fingerprint density at radius 2 is 1.83 bits per heavy atom. The molecule has 0 saturated carbocycles. The molecule has 0 radical (unpaired) electrons. The Morgan fingerprint density at radius 1 is 1.22 bits per heavy atom. The van der Waals surface area contributed by atoms with Crippen molar-refractivity contribution >= 4 is 16.1 Å². The zero-order chi connectivity index (χ0) is 14.2. The van der Waals surface area contributed by atoms with Crippen LogP contribution in [-0.2, 0) is 14.8 Å². The van der Waals surface area contributed by atoms with E-state index in [1.807, 2.05) is 6.92 Å². The number of sulfonamides is 1. The number of hydrogen-bond acceptors (Lipinski definition) is 4. The number of carbonyl (C=O) groups is 1. The van der Waals surface area contributed by atoms with E-state index in [4.69, 9.17) is 4.74 Å². The highest BCUT2D eigenvalue weighted by Crippen LogP contribution is 2.05. The van der Waals surface area contributed by atoms with Crippen molar-refractivity contribution in [3.63, 3.8) is 0 Å². The van der Waals surface area contributed by atoms with Crippen molar-refractivity contribution in [2.75, 3.05) is 18.8 Å². The second-order valence-electron chi connectivity index (χ2n) is 5.00. The zero-order valence-electron chi connectivity index (χ0n) is 11.6. The summed E-state index contributed by atoms with van der Waals surface area (Å²) in [6.45, 7) is 7.60. The number of ether oxygens (including phenoxy) is 1. The predicted octanol–water partition coefficient (Wildman–Crippen LogP) is 1.23. The van der Waals surface area contributed by atoms with Crippen LogP contribution in [0.1, 0.15) is 40.5 Å². The highest BCUT2D eigenvalue weighted by atomic mass is 32.2. The van der Waals surface area contributed by atoms with E-state index in [1.165, 1.54) is 0 Å². The Kier molecular flexibility index (Phi) is 7.23. The van der Waals surface area contributed by atoms with Gasteiger partial charge < -0.3 is 10.1 Å². The lowest BCUT2D eigenvalue weighted by molar-refractivity contribution is 0.0529. The largest absolute Gasteiger partial charge is 0.444 e. The van der Waals surface area contributed by atoms with Gasteiger partial charge in [0.15, 0.2) is 0 Å². The minimum absolute atomic E-state index is 0.121. The fraction of sp³-hybridized carbons (Fsp3) is 0.909. The summed E-state index contributed by atoms with van der Waals surface area (Å²) in [5.74, 6) is 0.121. The molecule has 0 heterocycles. The monoisotopic (exact) mass is 280 g/mol. The number of hydrogen-bond donors (Lipinski definition) is 2. The third-order valence-corrected chi connectivity index (χ3v) is 3.35. The van der Waals surface area contributed by atoms with Gasteiger partial charge in [0.2, 0.25) is 10.0 Å². The number of rotatable bonds is 7. The molecule has 0 aromatic carbocycles. The molecule has 0 aromatic rings.